The minimum Gasteiger partial charge on any atom is -0.258 e. The van der Waals surface area contributed by atoms with E-state index in [2.05, 4.69) is 5.48 Å². The number of nitro benzene ring substituents is 1. The van der Waals surface area contributed by atoms with Crippen molar-refractivity contribution in [2.45, 2.75) is 0 Å². The second-order valence-corrected chi connectivity index (χ2v) is 3.24. The van der Waals surface area contributed by atoms with Gasteiger partial charge in [-0.25, -0.2) is 5.48 Å². The van der Waals surface area contributed by atoms with Gasteiger partial charge in [-0.3, -0.25) is 10.1 Å². The van der Waals surface area contributed by atoms with E-state index in [1.54, 1.807) is 31.2 Å². The molecule has 0 atom stereocenters. The Morgan fingerprint density at radius 1 is 1.53 bits per heavy atom. The first kappa shape index (κ1) is 9.69. The van der Waals surface area contributed by atoms with Crippen LogP contribution in [-0.4, -0.2) is 24.0 Å². The van der Waals surface area contributed by atoms with Crippen LogP contribution in [0, 0.1) is 10.1 Å². The van der Waals surface area contributed by atoms with Crippen LogP contribution in [0.4, 0.5) is 17.1 Å². The van der Waals surface area contributed by atoms with E-state index in [0.717, 1.165) is 0 Å². The molecule has 1 aromatic carbocycles. The maximum absolute atomic E-state index is 10.8. The average molecular weight is 210 g/mol. The number of para-hydroxylation sites is 1. The zero-order chi connectivity index (χ0) is 11.0. The molecule has 1 aliphatic rings. The SMILES string of the molecule is CN(C)N1ONc2cccc([N+](=O)[O-])c21. The van der Waals surface area contributed by atoms with E-state index < -0.39 is 4.92 Å². The molecule has 0 radical (unpaired) electrons. The summed E-state index contributed by atoms with van der Waals surface area (Å²) < 4.78 is 0. The lowest BCUT2D eigenvalue weighted by Gasteiger charge is -2.21. The number of rotatable bonds is 2. The Balaban J connectivity index is 2.53. The Kier molecular flexibility index (Phi) is 2.18. The van der Waals surface area contributed by atoms with Crippen molar-refractivity contribution in [2.75, 3.05) is 24.7 Å². The first-order valence-corrected chi connectivity index (χ1v) is 4.29. The number of fused-ring (bicyclic) bond motifs is 1. The number of benzene rings is 1. The van der Waals surface area contributed by atoms with Crippen molar-refractivity contribution in [3.63, 3.8) is 0 Å². The molecule has 0 amide bonds. The fourth-order valence-electron chi connectivity index (χ4n) is 1.38. The number of hydrogen-bond acceptors (Lipinski definition) is 6. The average Bonchev–Trinajstić information content (AvgIpc) is 2.60. The molecule has 0 fully saturated rings. The summed E-state index contributed by atoms with van der Waals surface area (Å²) >= 11 is 0. The number of nitrogens with zero attached hydrogens (tertiary/aromatic N) is 3. The summed E-state index contributed by atoms with van der Waals surface area (Å²) in [5.41, 5.74) is 3.60. The molecule has 2 rings (SSSR count). The van der Waals surface area contributed by atoms with Gasteiger partial charge in [0.05, 0.1) is 10.6 Å². The Hall–Kier alpha value is -1.86. The predicted octanol–water partition coefficient (Wildman–Crippen LogP) is 1.15. The molecule has 15 heavy (non-hydrogen) atoms. The molecule has 0 aliphatic carbocycles. The summed E-state index contributed by atoms with van der Waals surface area (Å²) in [5.74, 6) is 0. The van der Waals surface area contributed by atoms with Crippen LogP contribution in [0.5, 0.6) is 0 Å². The molecule has 1 aliphatic heterocycles. The van der Waals surface area contributed by atoms with Crippen LogP contribution in [0.25, 0.3) is 0 Å². The highest BCUT2D eigenvalue weighted by Gasteiger charge is 2.31. The minimum atomic E-state index is -0.439. The Bertz CT molecular complexity index is 407. The highest BCUT2D eigenvalue weighted by molar-refractivity contribution is 5.79. The molecule has 7 heteroatoms. The van der Waals surface area contributed by atoms with Crippen LogP contribution in [-0.2, 0) is 4.94 Å². The zero-order valence-corrected chi connectivity index (χ0v) is 8.30. The number of anilines is 2. The maximum Gasteiger partial charge on any atom is 0.298 e. The van der Waals surface area contributed by atoms with Crippen molar-refractivity contribution in [3.05, 3.63) is 28.3 Å². The van der Waals surface area contributed by atoms with Crippen molar-refractivity contribution < 1.29 is 9.86 Å². The van der Waals surface area contributed by atoms with E-state index in [1.807, 2.05) is 0 Å². The normalized spacial score (nSPS) is 13.9. The third-order valence-electron chi connectivity index (χ3n) is 2.01. The summed E-state index contributed by atoms with van der Waals surface area (Å²) in [6.07, 6.45) is 0. The Labute approximate surface area is 85.9 Å². The van der Waals surface area contributed by atoms with Gasteiger partial charge in [0, 0.05) is 20.2 Å². The van der Waals surface area contributed by atoms with Gasteiger partial charge in [0.25, 0.3) is 5.69 Å². The summed E-state index contributed by atoms with van der Waals surface area (Å²) in [6, 6.07) is 4.75. The fraction of sp³-hybridized carbons (Fsp3) is 0.250. The molecule has 80 valence electrons. The molecular formula is C8H10N4O3. The van der Waals surface area contributed by atoms with Crippen LogP contribution < -0.4 is 10.7 Å². The first-order chi connectivity index (χ1) is 7.11. The number of hydrazine groups is 1. The lowest BCUT2D eigenvalue weighted by molar-refractivity contribution is -0.384. The van der Waals surface area contributed by atoms with Crippen molar-refractivity contribution in [3.8, 4) is 0 Å². The summed E-state index contributed by atoms with van der Waals surface area (Å²) in [6.45, 7) is 0. The molecule has 1 heterocycles. The zero-order valence-electron chi connectivity index (χ0n) is 8.30. The van der Waals surface area contributed by atoms with Gasteiger partial charge in [0.1, 0.15) is 0 Å². The Morgan fingerprint density at radius 2 is 2.27 bits per heavy atom. The van der Waals surface area contributed by atoms with Gasteiger partial charge in [0.15, 0.2) is 5.69 Å². The van der Waals surface area contributed by atoms with Gasteiger partial charge in [-0.15, -0.1) is 10.1 Å². The number of nitrogens with one attached hydrogen (secondary N) is 1. The van der Waals surface area contributed by atoms with E-state index in [9.17, 15) is 10.1 Å². The van der Waals surface area contributed by atoms with E-state index in [4.69, 9.17) is 4.94 Å². The van der Waals surface area contributed by atoms with Crippen molar-refractivity contribution in [1.82, 2.24) is 5.01 Å². The maximum atomic E-state index is 10.8. The second kappa shape index (κ2) is 3.37. The van der Waals surface area contributed by atoms with Gasteiger partial charge < -0.3 is 0 Å². The molecule has 0 spiro atoms. The summed E-state index contributed by atoms with van der Waals surface area (Å²) in [4.78, 5) is 15.4. The van der Waals surface area contributed by atoms with Crippen molar-refractivity contribution in [1.29, 1.82) is 0 Å². The van der Waals surface area contributed by atoms with Gasteiger partial charge >= 0.3 is 0 Å². The molecule has 0 aromatic heterocycles. The lowest BCUT2D eigenvalue weighted by atomic mass is 10.2. The third-order valence-corrected chi connectivity index (χ3v) is 2.01. The molecule has 1 N–H and O–H groups in total. The van der Waals surface area contributed by atoms with Gasteiger partial charge in [-0.05, 0) is 6.07 Å². The van der Waals surface area contributed by atoms with Gasteiger partial charge in [-0.2, -0.15) is 5.01 Å². The van der Waals surface area contributed by atoms with Crippen LogP contribution in [0.1, 0.15) is 0 Å². The second-order valence-electron chi connectivity index (χ2n) is 3.24. The van der Waals surface area contributed by atoms with Crippen molar-refractivity contribution >= 4 is 17.1 Å². The van der Waals surface area contributed by atoms with Crippen LogP contribution in [0.3, 0.4) is 0 Å². The van der Waals surface area contributed by atoms with Crippen molar-refractivity contribution in [2.24, 2.45) is 0 Å². The van der Waals surface area contributed by atoms with E-state index in [1.165, 1.54) is 11.2 Å². The lowest BCUT2D eigenvalue weighted by Crippen LogP contribution is -2.35. The van der Waals surface area contributed by atoms with Gasteiger partial charge in [0.2, 0.25) is 0 Å². The molecule has 0 bridgehead atoms. The first-order valence-electron chi connectivity index (χ1n) is 4.29. The van der Waals surface area contributed by atoms with E-state index in [-0.39, 0.29) is 5.69 Å². The van der Waals surface area contributed by atoms with Crippen LogP contribution in [0.2, 0.25) is 0 Å². The topological polar surface area (TPSA) is 70.9 Å². The molecular weight excluding hydrogens is 200 g/mol. The predicted molar refractivity (Wildman–Crippen MR) is 54.0 cm³/mol. The quantitative estimate of drug-likeness (QED) is 0.583. The monoisotopic (exact) mass is 210 g/mol. The Morgan fingerprint density at radius 3 is 2.87 bits per heavy atom. The van der Waals surface area contributed by atoms with E-state index in [0.29, 0.717) is 11.4 Å². The molecule has 0 unspecified atom stereocenters. The van der Waals surface area contributed by atoms with Crippen LogP contribution in [0.15, 0.2) is 18.2 Å². The molecule has 0 saturated carbocycles. The number of nitro groups is 1. The molecule has 1 aromatic rings. The summed E-state index contributed by atoms with van der Waals surface area (Å²) in [7, 11) is 3.46. The smallest absolute Gasteiger partial charge is 0.258 e. The third kappa shape index (κ3) is 1.47. The summed E-state index contributed by atoms with van der Waals surface area (Å²) in [5, 5.41) is 13.7. The highest BCUT2D eigenvalue weighted by Crippen LogP contribution is 2.40. The minimum absolute atomic E-state index is 0.00574. The largest absolute Gasteiger partial charge is 0.298 e. The standard InChI is InChI=1S/C8H10N4O3/c1-10(2)11-8-6(9-15-11)4-3-5-7(8)12(13)14/h3-5,9H,1-2H3. The molecule has 0 saturated heterocycles. The number of hydrogen-bond donors (Lipinski definition) is 1. The fourth-order valence-corrected chi connectivity index (χ4v) is 1.38. The van der Waals surface area contributed by atoms with Crippen LogP contribution >= 0.6 is 0 Å². The highest BCUT2D eigenvalue weighted by atomic mass is 16.8. The van der Waals surface area contributed by atoms with E-state index >= 15 is 0 Å². The molecule has 7 nitrogen and oxygen atoms in total. The van der Waals surface area contributed by atoms with Gasteiger partial charge in [-0.1, -0.05) is 6.07 Å².